The molecular formula is C11H12ClN4O6PS2. The molecule has 2 aromatic rings. The Balaban J connectivity index is 2.28. The Kier molecular flexibility index (Phi) is 6.30. The Hall–Kier alpha value is -1.36. The number of nitrogens with zero attached hydrogens (tertiary/aromatic N) is 3. The Morgan fingerprint density at radius 1 is 1.40 bits per heavy atom. The minimum atomic E-state index is -4.52. The number of halogens is 1. The van der Waals surface area contributed by atoms with E-state index in [-0.39, 0.29) is 22.4 Å². The molecule has 0 bridgehead atoms. The highest BCUT2D eigenvalue weighted by Gasteiger charge is 2.23. The van der Waals surface area contributed by atoms with E-state index in [1.54, 1.807) is 6.07 Å². The summed E-state index contributed by atoms with van der Waals surface area (Å²) in [5.74, 6) is 0.371. The number of ether oxygens (including phenoxy) is 1. The molecule has 10 nitrogen and oxygen atoms in total. The van der Waals surface area contributed by atoms with Crippen molar-refractivity contribution in [1.82, 2.24) is 4.72 Å². The highest BCUT2D eigenvalue weighted by molar-refractivity contribution is 7.92. The van der Waals surface area contributed by atoms with E-state index in [2.05, 4.69) is 10.0 Å². The van der Waals surface area contributed by atoms with E-state index < -0.39 is 23.9 Å². The molecule has 0 saturated carbocycles. The van der Waals surface area contributed by atoms with Gasteiger partial charge in [-0.3, -0.25) is 4.57 Å². The lowest BCUT2D eigenvalue weighted by Crippen LogP contribution is -2.23. The number of azide groups is 1. The van der Waals surface area contributed by atoms with Gasteiger partial charge in [0.2, 0.25) is 0 Å². The molecule has 1 heterocycles. The first kappa shape index (κ1) is 20.0. The van der Waals surface area contributed by atoms with Gasteiger partial charge < -0.3 is 14.5 Å². The lowest BCUT2D eigenvalue weighted by molar-refractivity contribution is 0.328. The zero-order valence-electron chi connectivity index (χ0n) is 12.4. The van der Waals surface area contributed by atoms with Crippen LogP contribution in [0.4, 0.5) is 0 Å². The van der Waals surface area contributed by atoms with Crippen molar-refractivity contribution < 1.29 is 27.5 Å². The predicted octanol–water partition coefficient (Wildman–Crippen LogP) is 2.66. The standard InChI is InChI=1S/C11H12ClN4O6PS2/c12-9-5-8(22-2-1-14-16-13)3-7-4-10(24-11(7)9)25(20,21)15-6-23(17,18)19/h3-5,15H,1-2,6H2,(H2,17,18,19). The summed E-state index contributed by atoms with van der Waals surface area (Å²) in [4.78, 5) is 20.2. The van der Waals surface area contributed by atoms with Crippen molar-refractivity contribution in [3.63, 3.8) is 0 Å². The summed E-state index contributed by atoms with van der Waals surface area (Å²) in [6.07, 6.45) is -0.995. The number of sulfonamides is 1. The van der Waals surface area contributed by atoms with Crippen LogP contribution in [0.15, 0.2) is 27.5 Å². The largest absolute Gasteiger partial charge is 0.493 e. The highest BCUT2D eigenvalue weighted by Crippen LogP contribution is 2.38. The van der Waals surface area contributed by atoms with Crippen LogP contribution in [0.3, 0.4) is 0 Å². The molecule has 0 aliphatic heterocycles. The maximum absolute atomic E-state index is 12.1. The van der Waals surface area contributed by atoms with Gasteiger partial charge in [-0.1, -0.05) is 16.7 Å². The molecule has 0 amide bonds. The van der Waals surface area contributed by atoms with Crippen LogP contribution in [-0.2, 0) is 14.6 Å². The number of fused-ring (bicyclic) bond motifs is 1. The summed E-state index contributed by atoms with van der Waals surface area (Å²) in [5.41, 5.74) is 8.19. The molecule has 0 spiro atoms. The molecule has 0 atom stereocenters. The van der Waals surface area contributed by atoms with Gasteiger partial charge in [0.05, 0.1) is 22.9 Å². The van der Waals surface area contributed by atoms with E-state index in [9.17, 15) is 13.0 Å². The topological polar surface area (TPSA) is 162 Å². The van der Waals surface area contributed by atoms with Gasteiger partial charge in [0.1, 0.15) is 16.2 Å². The third-order valence-electron chi connectivity index (χ3n) is 2.77. The first-order chi connectivity index (χ1) is 11.6. The van der Waals surface area contributed by atoms with Crippen LogP contribution < -0.4 is 9.46 Å². The normalized spacial score (nSPS) is 12.1. The van der Waals surface area contributed by atoms with E-state index in [4.69, 9.17) is 31.7 Å². The van der Waals surface area contributed by atoms with Crippen LogP contribution in [0.5, 0.6) is 5.75 Å². The van der Waals surface area contributed by atoms with Gasteiger partial charge in [-0.15, -0.1) is 11.3 Å². The number of rotatable bonds is 8. The Labute approximate surface area is 151 Å². The van der Waals surface area contributed by atoms with E-state index in [1.165, 1.54) is 12.1 Å². The van der Waals surface area contributed by atoms with Gasteiger partial charge in [0.25, 0.3) is 10.0 Å². The molecule has 1 aromatic heterocycles. The summed E-state index contributed by atoms with van der Waals surface area (Å²) in [6.45, 7) is 0.257. The lowest BCUT2D eigenvalue weighted by atomic mass is 10.2. The molecule has 3 N–H and O–H groups in total. The zero-order valence-corrected chi connectivity index (χ0v) is 15.6. The van der Waals surface area contributed by atoms with Crippen molar-refractivity contribution in [2.45, 2.75) is 4.21 Å². The van der Waals surface area contributed by atoms with Crippen molar-refractivity contribution >= 4 is 50.6 Å². The van der Waals surface area contributed by atoms with Crippen LogP contribution in [-0.4, -0.2) is 37.6 Å². The van der Waals surface area contributed by atoms with Crippen LogP contribution in [0.25, 0.3) is 20.5 Å². The molecule has 0 aliphatic rings. The lowest BCUT2D eigenvalue weighted by Gasteiger charge is -2.05. The monoisotopic (exact) mass is 426 g/mol. The van der Waals surface area contributed by atoms with Gasteiger partial charge in [0, 0.05) is 11.0 Å². The minimum absolute atomic E-state index is 0.127. The Bertz CT molecular complexity index is 982. The summed E-state index contributed by atoms with van der Waals surface area (Å²) < 4.78 is 42.7. The molecule has 0 fully saturated rings. The fourth-order valence-electron chi connectivity index (χ4n) is 1.77. The quantitative estimate of drug-likeness (QED) is 0.193. The fourth-order valence-corrected chi connectivity index (χ4v) is 5.52. The first-order valence-corrected chi connectivity index (χ1v) is 11.0. The number of thiophene rings is 1. The van der Waals surface area contributed by atoms with E-state index in [0.717, 1.165) is 11.3 Å². The number of benzene rings is 1. The van der Waals surface area contributed by atoms with E-state index >= 15 is 0 Å². The molecule has 25 heavy (non-hydrogen) atoms. The third-order valence-corrected chi connectivity index (χ3v) is 7.02. The van der Waals surface area contributed by atoms with Gasteiger partial charge in [-0.25, -0.2) is 8.42 Å². The van der Waals surface area contributed by atoms with Crippen molar-refractivity contribution in [2.24, 2.45) is 5.11 Å². The number of hydrogen-bond acceptors (Lipinski definition) is 6. The van der Waals surface area contributed by atoms with Crippen molar-refractivity contribution in [3.8, 4) is 5.75 Å². The average Bonchev–Trinajstić information content (AvgIpc) is 2.95. The molecule has 136 valence electrons. The van der Waals surface area contributed by atoms with Crippen LogP contribution in [0.1, 0.15) is 0 Å². The predicted molar refractivity (Wildman–Crippen MR) is 93.6 cm³/mol. The van der Waals surface area contributed by atoms with Gasteiger partial charge in [-0.2, -0.15) is 4.72 Å². The molecule has 0 saturated heterocycles. The SMILES string of the molecule is [N-]=[N+]=NCCOc1cc(Cl)c2sc(S(=O)(=O)NCP(=O)(O)O)cc2c1. The summed E-state index contributed by atoms with van der Waals surface area (Å²) in [7, 11) is -8.61. The van der Waals surface area contributed by atoms with Crippen molar-refractivity contribution in [1.29, 1.82) is 0 Å². The fraction of sp³-hybridized carbons (Fsp3) is 0.273. The minimum Gasteiger partial charge on any atom is -0.493 e. The molecule has 0 unspecified atom stereocenters. The van der Waals surface area contributed by atoms with Crippen LogP contribution in [0.2, 0.25) is 5.02 Å². The summed E-state index contributed by atoms with van der Waals surface area (Å²) in [5, 5.41) is 4.08. The number of hydrogen-bond donors (Lipinski definition) is 3. The molecule has 14 heteroatoms. The second kappa shape index (κ2) is 7.90. The second-order valence-electron chi connectivity index (χ2n) is 4.66. The first-order valence-electron chi connectivity index (χ1n) is 6.53. The zero-order chi connectivity index (χ0) is 18.7. The molecule has 0 radical (unpaired) electrons. The molecule has 2 rings (SSSR count). The van der Waals surface area contributed by atoms with Crippen molar-refractivity contribution in [3.05, 3.63) is 33.7 Å². The van der Waals surface area contributed by atoms with E-state index in [1.807, 2.05) is 4.72 Å². The number of nitrogens with one attached hydrogen (secondary N) is 1. The average molecular weight is 427 g/mol. The van der Waals surface area contributed by atoms with Gasteiger partial charge in [-0.05, 0) is 23.1 Å². The van der Waals surface area contributed by atoms with Gasteiger partial charge in [0.15, 0.2) is 0 Å². The third kappa shape index (κ3) is 5.56. The Morgan fingerprint density at radius 3 is 2.76 bits per heavy atom. The van der Waals surface area contributed by atoms with Crippen molar-refractivity contribution in [2.75, 3.05) is 19.4 Å². The van der Waals surface area contributed by atoms with E-state index in [0.29, 0.717) is 15.8 Å². The maximum Gasteiger partial charge on any atom is 0.340 e. The smallest absolute Gasteiger partial charge is 0.340 e. The second-order valence-corrected chi connectivity index (χ2v) is 9.76. The highest BCUT2D eigenvalue weighted by atomic mass is 35.5. The molecular weight excluding hydrogens is 415 g/mol. The summed E-state index contributed by atoms with van der Waals surface area (Å²) >= 11 is 6.99. The molecule has 0 aliphatic carbocycles. The van der Waals surface area contributed by atoms with Gasteiger partial charge >= 0.3 is 7.60 Å². The van der Waals surface area contributed by atoms with Crippen LogP contribution >= 0.6 is 30.5 Å². The Morgan fingerprint density at radius 2 is 2.12 bits per heavy atom. The maximum atomic E-state index is 12.1. The summed E-state index contributed by atoms with van der Waals surface area (Å²) in [6, 6.07) is 4.39. The molecule has 1 aromatic carbocycles. The van der Waals surface area contributed by atoms with Crippen LogP contribution in [0, 0.1) is 0 Å².